The molecule has 1 aromatic carbocycles. The zero-order valence-corrected chi connectivity index (χ0v) is 12.8. The number of carbonyl (C=O) groups is 1. The van der Waals surface area contributed by atoms with E-state index in [1.54, 1.807) is 11.8 Å². The number of hydrogen-bond donors (Lipinski definition) is 2. The molecule has 108 valence electrons. The molecule has 1 fully saturated rings. The molecule has 3 rings (SSSR count). The molecule has 0 spiro atoms. The third-order valence-electron chi connectivity index (χ3n) is 3.24. The molecule has 1 atom stereocenters. The molecule has 5 nitrogen and oxygen atoms in total. The van der Waals surface area contributed by atoms with Crippen LogP contribution >= 0.6 is 24.2 Å². The van der Waals surface area contributed by atoms with Crippen molar-refractivity contribution in [2.75, 3.05) is 16.9 Å². The van der Waals surface area contributed by atoms with Crippen molar-refractivity contribution in [1.29, 1.82) is 0 Å². The van der Waals surface area contributed by atoms with E-state index in [2.05, 4.69) is 22.7 Å². The summed E-state index contributed by atoms with van der Waals surface area (Å²) in [6.45, 7) is 2.87. The fourth-order valence-electron chi connectivity index (χ4n) is 2.19. The molecular weight excluding hydrogens is 296 g/mol. The van der Waals surface area contributed by atoms with Crippen molar-refractivity contribution in [3.8, 4) is 0 Å². The van der Waals surface area contributed by atoms with Gasteiger partial charge in [-0.1, -0.05) is 0 Å². The van der Waals surface area contributed by atoms with Gasteiger partial charge in [-0.2, -0.15) is 5.10 Å². The Morgan fingerprint density at radius 3 is 3.15 bits per heavy atom. The van der Waals surface area contributed by atoms with Crippen molar-refractivity contribution < 1.29 is 4.79 Å². The van der Waals surface area contributed by atoms with Gasteiger partial charge >= 0.3 is 0 Å². The van der Waals surface area contributed by atoms with Gasteiger partial charge < -0.3 is 5.32 Å². The summed E-state index contributed by atoms with van der Waals surface area (Å²) in [4.78, 5) is 12.0. The molecule has 0 bridgehead atoms. The lowest BCUT2D eigenvalue weighted by atomic mass is 10.2. The average molecular weight is 313 g/mol. The van der Waals surface area contributed by atoms with Crippen LogP contribution in [0.2, 0.25) is 0 Å². The lowest BCUT2D eigenvalue weighted by Crippen LogP contribution is -2.37. The number of thioether (sulfide) groups is 1. The SMILES string of the molecule is CCn1ncc2ccc(NC(=O)C3CSCN3)cc21.Cl. The fourth-order valence-corrected chi connectivity index (χ4v) is 3.14. The summed E-state index contributed by atoms with van der Waals surface area (Å²) in [7, 11) is 0. The standard InChI is InChI=1S/C13H16N4OS.ClH/c1-2-17-12-5-10(4-3-9(12)6-15-17)16-13(18)11-7-19-8-14-11;/h3-6,11,14H,2,7-8H2,1H3,(H,16,18);1H. The zero-order valence-electron chi connectivity index (χ0n) is 11.1. The topological polar surface area (TPSA) is 59.0 Å². The zero-order chi connectivity index (χ0) is 13.2. The average Bonchev–Trinajstić information content (AvgIpc) is 3.07. The van der Waals surface area contributed by atoms with E-state index >= 15 is 0 Å². The summed E-state index contributed by atoms with van der Waals surface area (Å²) in [5, 5.41) is 11.5. The summed E-state index contributed by atoms with van der Waals surface area (Å²) in [5.74, 6) is 1.72. The Hall–Kier alpha value is -1.24. The molecule has 1 aromatic heterocycles. The van der Waals surface area contributed by atoms with Crippen LogP contribution in [0.25, 0.3) is 10.9 Å². The Balaban J connectivity index is 0.00000147. The molecule has 1 saturated heterocycles. The van der Waals surface area contributed by atoms with E-state index in [1.165, 1.54) is 0 Å². The molecule has 0 saturated carbocycles. The molecule has 0 radical (unpaired) electrons. The van der Waals surface area contributed by atoms with Gasteiger partial charge in [-0.15, -0.1) is 24.2 Å². The largest absolute Gasteiger partial charge is 0.325 e. The molecular formula is C13H17ClN4OS. The second kappa shape index (κ2) is 6.47. The van der Waals surface area contributed by atoms with Crippen LogP contribution in [0.3, 0.4) is 0 Å². The summed E-state index contributed by atoms with van der Waals surface area (Å²) in [5.41, 5.74) is 1.88. The van der Waals surface area contributed by atoms with Crippen LogP contribution in [-0.2, 0) is 11.3 Å². The Kier molecular flexibility index (Phi) is 4.91. The Morgan fingerprint density at radius 1 is 1.60 bits per heavy atom. The number of carbonyl (C=O) groups excluding carboxylic acids is 1. The lowest BCUT2D eigenvalue weighted by molar-refractivity contribution is -0.117. The van der Waals surface area contributed by atoms with Crippen molar-refractivity contribution in [2.24, 2.45) is 0 Å². The van der Waals surface area contributed by atoms with Crippen LogP contribution in [0, 0.1) is 0 Å². The number of aromatic nitrogens is 2. The highest BCUT2D eigenvalue weighted by atomic mass is 35.5. The van der Waals surface area contributed by atoms with E-state index < -0.39 is 0 Å². The Bertz CT molecular complexity index is 609. The maximum atomic E-state index is 12.0. The summed E-state index contributed by atoms with van der Waals surface area (Å²) in [6.07, 6.45) is 1.85. The Morgan fingerprint density at radius 2 is 2.45 bits per heavy atom. The molecule has 7 heteroatoms. The van der Waals surface area contributed by atoms with Crippen LogP contribution in [0.4, 0.5) is 5.69 Å². The molecule has 2 N–H and O–H groups in total. The molecule has 2 aromatic rings. The van der Waals surface area contributed by atoms with E-state index in [1.807, 2.05) is 29.1 Å². The number of amides is 1. The summed E-state index contributed by atoms with van der Waals surface area (Å²) >= 11 is 1.75. The van der Waals surface area contributed by atoms with Crippen LogP contribution < -0.4 is 10.6 Å². The second-order valence-electron chi connectivity index (χ2n) is 4.50. The highest BCUT2D eigenvalue weighted by molar-refractivity contribution is 7.99. The van der Waals surface area contributed by atoms with Crippen LogP contribution in [0.15, 0.2) is 24.4 Å². The van der Waals surface area contributed by atoms with Crippen LogP contribution in [-0.4, -0.2) is 33.4 Å². The molecule has 1 unspecified atom stereocenters. The van der Waals surface area contributed by atoms with Crippen molar-refractivity contribution >= 4 is 46.7 Å². The molecule has 1 aliphatic heterocycles. The number of nitrogens with zero attached hydrogens (tertiary/aromatic N) is 2. The number of rotatable bonds is 3. The first-order chi connectivity index (χ1) is 9.28. The lowest BCUT2D eigenvalue weighted by Gasteiger charge is -2.10. The number of anilines is 1. The third-order valence-corrected chi connectivity index (χ3v) is 4.18. The fraction of sp³-hybridized carbons (Fsp3) is 0.385. The molecule has 1 amide bonds. The minimum absolute atomic E-state index is 0. The van der Waals surface area contributed by atoms with E-state index in [-0.39, 0.29) is 24.4 Å². The number of fused-ring (bicyclic) bond motifs is 1. The van der Waals surface area contributed by atoms with Gasteiger partial charge in [0.25, 0.3) is 0 Å². The van der Waals surface area contributed by atoms with Crippen LogP contribution in [0.1, 0.15) is 6.92 Å². The first kappa shape index (κ1) is 15.2. The first-order valence-electron chi connectivity index (χ1n) is 6.35. The van der Waals surface area contributed by atoms with E-state index in [9.17, 15) is 4.79 Å². The van der Waals surface area contributed by atoms with Crippen LogP contribution in [0.5, 0.6) is 0 Å². The van der Waals surface area contributed by atoms with Gasteiger partial charge in [-0.25, -0.2) is 0 Å². The maximum Gasteiger partial charge on any atom is 0.242 e. The number of hydrogen-bond acceptors (Lipinski definition) is 4. The van der Waals surface area contributed by atoms with Crippen molar-refractivity contribution in [3.63, 3.8) is 0 Å². The normalized spacial score (nSPS) is 17.9. The van der Waals surface area contributed by atoms with Crippen molar-refractivity contribution in [3.05, 3.63) is 24.4 Å². The van der Waals surface area contributed by atoms with Gasteiger partial charge in [-0.3, -0.25) is 14.8 Å². The molecule has 0 aliphatic carbocycles. The van der Waals surface area contributed by atoms with Gasteiger partial charge in [0, 0.05) is 29.2 Å². The predicted octanol–water partition coefficient (Wildman–Crippen LogP) is 2.08. The van der Waals surface area contributed by atoms with E-state index in [4.69, 9.17) is 0 Å². The third kappa shape index (κ3) is 2.92. The van der Waals surface area contributed by atoms with Crippen molar-refractivity contribution in [2.45, 2.75) is 19.5 Å². The summed E-state index contributed by atoms with van der Waals surface area (Å²) < 4.78 is 1.93. The van der Waals surface area contributed by atoms with Gasteiger partial charge in [0.15, 0.2) is 0 Å². The van der Waals surface area contributed by atoms with E-state index in [0.29, 0.717) is 0 Å². The maximum absolute atomic E-state index is 12.0. The minimum Gasteiger partial charge on any atom is -0.325 e. The first-order valence-corrected chi connectivity index (χ1v) is 7.51. The minimum atomic E-state index is -0.0863. The highest BCUT2D eigenvalue weighted by Crippen LogP contribution is 2.20. The molecule has 1 aliphatic rings. The Labute approximate surface area is 127 Å². The monoisotopic (exact) mass is 312 g/mol. The molecule has 2 heterocycles. The highest BCUT2D eigenvalue weighted by Gasteiger charge is 2.22. The van der Waals surface area contributed by atoms with Gasteiger partial charge in [0.2, 0.25) is 5.91 Å². The predicted molar refractivity (Wildman–Crippen MR) is 85.5 cm³/mol. The van der Waals surface area contributed by atoms with Crippen molar-refractivity contribution in [1.82, 2.24) is 15.1 Å². The van der Waals surface area contributed by atoms with Gasteiger partial charge in [0.1, 0.15) is 0 Å². The smallest absolute Gasteiger partial charge is 0.242 e. The quantitative estimate of drug-likeness (QED) is 0.911. The molecule has 20 heavy (non-hydrogen) atoms. The second-order valence-corrected chi connectivity index (χ2v) is 5.53. The number of benzene rings is 1. The van der Waals surface area contributed by atoms with Gasteiger partial charge in [0.05, 0.1) is 17.8 Å². The summed E-state index contributed by atoms with van der Waals surface area (Å²) in [6, 6.07) is 5.80. The number of nitrogens with one attached hydrogen (secondary N) is 2. The number of aryl methyl sites for hydroxylation is 1. The van der Waals surface area contributed by atoms with E-state index in [0.717, 1.165) is 34.8 Å². The number of halogens is 1. The van der Waals surface area contributed by atoms with Gasteiger partial charge in [-0.05, 0) is 25.1 Å².